The van der Waals surface area contributed by atoms with E-state index in [0.717, 1.165) is 23.5 Å². The summed E-state index contributed by atoms with van der Waals surface area (Å²) in [4.78, 5) is 11.4. The van der Waals surface area contributed by atoms with Gasteiger partial charge in [0.1, 0.15) is 6.04 Å². The Kier molecular flexibility index (Phi) is 3.84. The summed E-state index contributed by atoms with van der Waals surface area (Å²) in [5, 5.41) is 11.1. The van der Waals surface area contributed by atoms with E-state index in [2.05, 4.69) is 5.32 Å². The molecule has 0 aromatic rings. The summed E-state index contributed by atoms with van der Waals surface area (Å²) in [5.41, 5.74) is 0.804. The third-order valence-electron chi connectivity index (χ3n) is 1.74. The van der Waals surface area contributed by atoms with Gasteiger partial charge in [-0.15, -0.1) is 0 Å². The minimum Gasteiger partial charge on any atom is -0.337 e. The van der Waals surface area contributed by atoms with E-state index in [1.807, 2.05) is 12.1 Å². The number of nitriles is 1. The van der Waals surface area contributed by atoms with Crippen molar-refractivity contribution in [3.05, 3.63) is 11.6 Å². The van der Waals surface area contributed by atoms with Gasteiger partial charge >= 0.3 is 0 Å². The van der Waals surface area contributed by atoms with Crippen LogP contribution in [0.3, 0.4) is 0 Å². The molecule has 0 saturated heterocycles. The van der Waals surface area contributed by atoms with Crippen LogP contribution in [0.25, 0.3) is 0 Å². The van der Waals surface area contributed by atoms with Gasteiger partial charge in [-0.3, -0.25) is 4.79 Å². The summed E-state index contributed by atoms with van der Waals surface area (Å²) in [6, 6.07) is 1.57. The predicted octanol–water partition coefficient (Wildman–Crippen LogP) is 1.08. The van der Waals surface area contributed by atoms with Gasteiger partial charge < -0.3 is 5.32 Å². The van der Waals surface area contributed by atoms with Crippen LogP contribution in [0.15, 0.2) is 11.6 Å². The Hall–Kier alpha value is -0.950. The molecule has 0 saturated carbocycles. The monoisotopic (exact) mass is 196 g/mol. The smallest absolute Gasteiger partial charge is 0.248 e. The minimum atomic E-state index is -0.402. The lowest BCUT2D eigenvalue weighted by molar-refractivity contribution is -0.117. The highest BCUT2D eigenvalue weighted by atomic mass is 32.2. The van der Waals surface area contributed by atoms with E-state index in [1.165, 1.54) is 0 Å². The lowest BCUT2D eigenvalue weighted by Crippen LogP contribution is -2.33. The van der Waals surface area contributed by atoms with E-state index < -0.39 is 6.04 Å². The molecule has 0 aliphatic carbocycles. The predicted molar refractivity (Wildman–Crippen MR) is 53.2 cm³/mol. The van der Waals surface area contributed by atoms with Crippen molar-refractivity contribution in [3.8, 4) is 6.07 Å². The van der Waals surface area contributed by atoms with Crippen LogP contribution in [0.5, 0.6) is 0 Å². The molecule has 1 unspecified atom stereocenters. The fourth-order valence-electron chi connectivity index (χ4n) is 1.04. The summed E-state index contributed by atoms with van der Waals surface area (Å²) < 4.78 is 0. The van der Waals surface area contributed by atoms with Gasteiger partial charge in [-0.25, -0.2) is 0 Å². The summed E-state index contributed by atoms with van der Waals surface area (Å²) in [6.45, 7) is 1.68. The quantitative estimate of drug-likeness (QED) is 0.719. The summed E-state index contributed by atoms with van der Waals surface area (Å²) in [7, 11) is 0. The zero-order chi connectivity index (χ0) is 9.68. The van der Waals surface area contributed by atoms with E-state index in [1.54, 1.807) is 18.7 Å². The van der Waals surface area contributed by atoms with Crippen molar-refractivity contribution in [2.75, 3.05) is 11.5 Å². The van der Waals surface area contributed by atoms with Crippen molar-refractivity contribution in [2.45, 2.75) is 19.4 Å². The number of hydrogen-bond donors (Lipinski definition) is 1. The highest BCUT2D eigenvalue weighted by Gasteiger charge is 2.13. The Morgan fingerprint density at radius 2 is 2.62 bits per heavy atom. The number of thioether (sulfide) groups is 1. The van der Waals surface area contributed by atoms with Crippen LogP contribution in [0, 0.1) is 11.3 Å². The number of carbonyl (C=O) groups excluding carboxylic acids is 1. The van der Waals surface area contributed by atoms with Crippen molar-refractivity contribution in [2.24, 2.45) is 0 Å². The highest BCUT2D eigenvalue weighted by Crippen LogP contribution is 2.16. The molecule has 1 aliphatic rings. The second-order valence-corrected chi connectivity index (χ2v) is 4.00. The molecule has 0 bridgehead atoms. The van der Waals surface area contributed by atoms with Crippen LogP contribution in [0.1, 0.15) is 13.3 Å². The average Bonchev–Trinajstić information content (AvgIpc) is 2.19. The van der Waals surface area contributed by atoms with Gasteiger partial charge in [-0.2, -0.15) is 17.0 Å². The highest BCUT2D eigenvalue weighted by molar-refractivity contribution is 7.99. The largest absolute Gasteiger partial charge is 0.337 e. The van der Waals surface area contributed by atoms with Gasteiger partial charge in [0.2, 0.25) is 5.91 Å². The maximum absolute atomic E-state index is 11.4. The number of rotatable bonds is 2. The second-order valence-electron chi connectivity index (χ2n) is 2.89. The number of nitrogens with one attached hydrogen (secondary N) is 1. The summed E-state index contributed by atoms with van der Waals surface area (Å²) >= 11 is 1.75. The molecule has 0 aromatic carbocycles. The van der Waals surface area contributed by atoms with Gasteiger partial charge in [0.25, 0.3) is 0 Å². The van der Waals surface area contributed by atoms with Crippen molar-refractivity contribution >= 4 is 17.7 Å². The van der Waals surface area contributed by atoms with Crippen LogP contribution in [-0.2, 0) is 4.79 Å². The molecule has 3 nitrogen and oxygen atoms in total. The maximum atomic E-state index is 11.4. The Bertz CT molecular complexity index is 267. The molecule has 1 atom stereocenters. The standard InChI is InChI=1S/C9H12N2OS/c1-7(5-10)11-9(12)8-3-2-4-13-6-8/h3,7H,2,4,6H2,1H3,(H,11,12). The first kappa shape index (κ1) is 10.1. The number of amides is 1. The van der Waals surface area contributed by atoms with E-state index in [4.69, 9.17) is 5.26 Å². The Balaban J connectivity index is 2.48. The fourth-order valence-corrected chi connectivity index (χ4v) is 1.94. The number of allylic oxidation sites excluding steroid dienone is 1. The van der Waals surface area contributed by atoms with Crippen molar-refractivity contribution in [3.63, 3.8) is 0 Å². The minimum absolute atomic E-state index is 0.0961. The van der Waals surface area contributed by atoms with E-state index in [9.17, 15) is 4.79 Å². The van der Waals surface area contributed by atoms with E-state index in [-0.39, 0.29) is 5.91 Å². The van der Waals surface area contributed by atoms with Crippen LogP contribution < -0.4 is 5.32 Å². The number of hydrogen-bond acceptors (Lipinski definition) is 3. The van der Waals surface area contributed by atoms with Gasteiger partial charge in [0.05, 0.1) is 6.07 Å². The molecule has 4 heteroatoms. The second kappa shape index (κ2) is 4.93. The number of nitrogens with zero attached hydrogens (tertiary/aromatic N) is 1. The molecular formula is C9H12N2OS. The third kappa shape index (κ3) is 3.11. The van der Waals surface area contributed by atoms with Gasteiger partial charge in [0, 0.05) is 11.3 Å². The van der Waals surface area contributed by atoms with Crippen LogP contribution in [0.2, 0.25) is 0 Å². The van der Waals surface area contributed by atoms with Crippen molar-refractivity contribution in [1.29, 1.82) is 5.26 Å². The summed E-state index contributed by atoms with van der Waals surface area (Å²) in [5.74, 6) is 1.76. The lowest BCUT2D eigenvalue weighted by atomic mass is 10.2. The van der Waals surface area contributed by atoms with Crippen LogP contribution in [0.4, 0.5) is 0 Å². The SMILES string of the molecule is CC(C#N)NC(=O)C1=CCCSC1. The first-order valence-electron chi connectivity index (χ1n) is 4.21. The molecule has 1 rings (SSSR count). The third-order valence-corrected chi connectivity index (χ3v) is 2.78. The molecule has 0 spiro atoms. The Morgan fingerprint density at radius 1 is 1.85 bits per heavy atom. The Morgan fingerprint density at radius 3 is 3.15 bits per heavy atom. The van der Waals surface area contributed by atoms with Gasteiger partial charge in [0.15, 0.2) is 0 Å². The molecule has 1 aliphatic heterocycles. The molecular weight excluding hydrogens is 184 g/mol. The molecule has 0 radical (unpaired) electrons. The topological polar surface area (TPSA) is 52.9 Å². The zero-order valence-corrected chi connectivity index (χ0v) is 8.36. The van der Waals surface area contributed by atoms with E-state index in [0.29, 0.717) is 0 Å². The lowest BCUT2D eigenvalue weighted by Gasteiger charge is -2.13. The van der Waals surface area contributed by atoms with Gasteiger partial charge in [-0.1, -0.05) is 6.08 Å². The molecule has 1 heterocycles. The van der Waals surface area contributed by atoms with Crippen molar-refractivity contribution in [1.82, 2.24) is 5.32 Å². The normalized spacial score (nSPS) is 18.3. The van der Waals surface area contributed by atoms with Gasteiger partial charge in [-0.05, 0) is 19.1 Å². The molecule has 1 amide bonds. The van der Waals surface area contributed by atoms with Crippen LogP contribution >= 0.6 is 11.8 Å². The Labute approximate surface area is 82.2 Å². The average molecular weight is 196 g/mol. The first-order valence-corrected chi connectivity index (χ1v) is 5.36. The number of carbonyl (C=O) groups is 1. The molecule has 1 N–H and O–H groups in total. The molecule has 13 heavy (non-hydrogen) atoms. The summed E-state index contributed by atoms with van der Waals surface area (Å²) in [6.07, 6.45) is 2.91. The molecule has 0 aromatic heterocycles. The van der Waals surface area contributed by atoms with E-state index >= 15 is 0 Å². The fraction of sp³-hybridized carbons (Fsp3) is 0.556. The first-order chi connectivity index (χ1) is 6.24. The molecule has 0 fully saturated rings. The molecule has 70 valence electrons. The van der Waals surface area contributed by atoms with Crippen LogP contribution in [-0.4, -0.2) is 23.5 Å². The zero-order valence-electron chi connectivity index (χ0n) is 7.54. The van der Waals surface area contributed by atoms with Crippen molar-refractivity contribution < 1.29 is 4.79 Å². The maximum Gasteiger partial charge on any atom is 0.248 e.